The van der Waals surface area contributed by atoms with Crippen LogP contribution in [0.3, 0.4) is 0 Å². The molecule has 0 unspecified atom stereocenters. The normalized spacial score (nSPS) is 17.8. The fraction of sp³-hybridized carbons (Fsp3) is 0.500. The highest BCUT2D eigenvalue weighted by Gasteiger charge is 2.23. The molecule has 0 aromatic heterocycles. The van der Waals surface area contributed by atoms with Gasteiger partial charge in [0.15, 0.2) is 0 Å². The highest BCUT2D eigenvalue weighted by molar-refractivity contribution is 5.85. The molecule has 2 aliphatic rings. The molecule has 3 rings (SSSR count). The van der Waals surface area contributed by atoms with E-state index < -0.39 is 0 Å². The summed E-state index contributed by atoms with van der Waals surface area (Å²) < 4.78 is 0. The van der Waals surface area contributed by atoms with Crippen molar-refractivity contribution in [3.63, 3.8) is 0 Å². The number of carbonyl (C=O) groups is 3. The van der Waals surface area contributed by atoms with E-state index in [0.29, 0.717) is 39.1 Å². The van der Waals surface area contributed by atoms with Crippen molar-refractivity contribution in [3.05, 3.63) is 35.4 Å². The maximum Gasteiger partial charge on any atom is 0.223 e. The number of nitrogens with one attached hydrogen (secondary N) is 1. The molecule has 24 heavy (non-hydrogen) atoms. The number of carbonyl (C=O) groups excluding carboxylic acids is 3. The van der Waals surface area contributed by atoms with Gasteiger partial charge in [-0.25, -0.2) is 0 Å². The second-order valence-electron chi connectivity index (χ2n) is 6.31. The molecule has 0 saturated carbocycles. The maximum absolute atomic E-state index is 12.4. The fourth-order valence-electron chi connectivity index (χ4n) is 3.26. The van der Waals surface area contributed by atoms with Crippen molar-refractivity contribution in [1.82, 2.24) is 15.1 Å². The van der Waals surface area contributed by atoms with E-state index >= 15 is 0 Å². The summed E-state index contributed by atoms with van der Waals surface area (Å²) in [7, 11) is 0. The molecule has 0 radical (unpaired) electrons. The lowest BCUT2D eigenvalue weighted by Gasteiger charge is -2.29. The summed E-state index contributed by atoms with van der Waals surface area (Å²) >= 11 is 0. The maximum atomic E-state index is 12.4. The van der Waals surface area contributed by atoms with Crippen LogP contribution in [0.2, 0.25) is 0 Å². The molecule has 1 aromatic rings. The summed E-state index contributed by atoms with van der Waals surface area (Å²) in [6, 6.07) is 8.18. The summed E-state index contributed by atoms with van der Waals surface area (Å²) in [4.78, 5) is 39.5. The number of hydrogen-bond acceptors (Lipinski definition) is 3. The first-order valence-electron chi connectivity index (χ1n) is 8.52. The minimum atomic E-state index is -0.0442. The van der Waals surface area contributed by atoms with E-state index in [0.717, 1.165) is 6.42 Å². The molecule has 2 aliphatic heterocycles. The molecule has 1 aromatic carbocycles. The second kappa shape index (κ2) is 7.47. The quantitative estimate of drug-likeness (QED) is 0.887. The van der Waals surface area contributed by atoms with E-state index in [9.17, 15) is 14.4 Å². The van der Waals surface area contributed by atoms with Crippen LogP contribution in [0.1, 0.15) is 30.4 Å². The fourth-order valence-corrected chi connectivity index (χ4v) is 3.26. The van der Waals surface area contributed by atoms with Gasteiger partial charge in [-0.05, 0) is 17.5 Å². The SMILES string of the molecule is O=C1CCN(C(=O)CCC(=O)N2CCc3ccccc3C2)CCN1. The lowest BCUT2D eigenvalue weighted by atomic mass is 9.99. The van der Waals surface area contributed by atoms with Gasteiger partial charge in [-0.15, -0.1) is 0 Å². The zero-order valence-corrected chi connectivity index (χ0v) is 13.8. The molecule has 0 spiro atoms. The Labute approximate surface area is 141 Å². The van der Waals surface area contributed by atoms with E-state index in [1.165, 1.54) is 11.1 Å². The summed E-state index contributed by atoms with van der Waals surface area (Å²) in [5.41, 5.74) is 2.50. The molecule has 0 aliphatic carbocycles. The predicted octanol–water partition coefficient (Wildman–Crippen LogP) is 0.700. The molecule has 128 valence electrons. The first kappa shape index (κ1) is 16.5. The van der Waals surface area contributed by atoms with Gasteiger partial charge in [0.1, 0.15) is 0 Å². The molecule has 0 bridgehead atoms. The van der Waals surface area contributed by atoms with Crippen molar-refractivity contribution in [3.8, 4) is 0 Å². The Morgan fingerprint density at radius 3 is 2.38 bits per heavy atom. The Bertz CT molecular complexity index is 644. The van der Waals surface area contributed by atoms with Crippen LogP contribution in [-0.2, 0) is 27.3 Å². The predicted molar refractivity (Wildman–Crippen MR) is 89.0 cm³/mol. The molecule has 1 N–H and O–H groups in total. The molecule has 1 fully saturated rings. The number of rotatable bonds is 3. The van der Waals surface area contributed by atoms with Gasteiger partial charge in [0.05, 0.1) is 0 Å². The van der Waals surface area contributed by atoms with Crippen LogP contribution >= 0.6 is 0 Å². The molecular formula is C18H23N3O3. The largest absolute Gasteiger partial charge is 0.354 e. The lowest BCUT2D eigenvalue weighted by molar-refractivity contribution is -0.137. The summed E-state index contributed by atoms with van der Waals surface area (Å²) in [6.07, 6.45) is 1.66. The first-order valence-corrected chi connectivity index (χ1v) is 8.52. The van der Waals surface area contributed by atoms with Gasteiger partial charge < -0.3 is 15.1 Å². The average Bonchev–Trinajstić information content (AvgIpc) is 2.83. The highest BCUT2D eigenvalue weighted by Crippen LogP contribution is 2.19. The van der Waals surface area contributed by atoms with Crippen LogP contribution < -0.4 is 5.32 Å². The van der Waals surface area contributed by atoms with Crippen LogP contribution in [-0.4, -0.2) is 53.7 Å². The topological polar surface area (TPSA) is 69.7 Å². The van der Waals surface area contributed by atoms with Gasteiger partial charge in [0.25, 0.3) is 0 Å². The van der Waals surface area contributed by atoms with Gasteiger partial charge in [0.2, 0.25) is 17.7 Å². The average molecular weight is 329 g/mol. The molecule has 0 atom stereocenters. The van der Waals surface area contributed by atoms with Crippen LogP contribution in [0.25, 0.3) is 0 Å². The van der Waals surface area contributed by atoms with Crippen molar-refractivity contribution >= 4 is 17.7 Å². The third kappa shape index (κ3) is 3.93. The van der Waals surface area contributed by atoms with E-state index in [4.69, 9.17) is 0 Å². The van der Waals surface area contributed by atoms with Crippen molar-refractivity contribution in [2.45, 2.75) is 32.2 Å². The van der Waals surface area contributed by atoms with Crippen LogP contribution in [0.4, 0.5) is 0 Å². The smallest absolute Gasteiger partial charge is 0.223 e. The Hall–Kier alpha value is -2.37. The molecule has 3 amide bonds. The van der Waals surface area contributed by atoms with Crippen molar-refractivity contribution in [2.24, 2.45) is 0 Å². The lowest BCUT2D eigenvalue weighted by Crippen LogP contribution is -2.38. The first-order chi connectivity index (χ1) is 11.6. The van der Waals surface area contributed by atoms with Crippen LogP contribution in [0, 0.1) is 0 Å². The Morgan fingerprint density at radius 1 is 0.917 bits per heavy atom. The zero-order chi connectivity index (χ0) is 16.9. The minimum Gasteiger partial charge on any atom is -0.354 e. The van der Waals surface area contributed by atoms with E-state index in [-0.39, 0.29) is 30.6 Å². The Morgan fingerprint density at radius 2 is 1.58 bits per heavy atom. The zero-order valence-electron chi connectivity index (χ0n) is 13.8. The third-order valence-electron chi connectivity index (χ3n) is 4.70. The standard InChI is InChI=1S/C18H23N3O3/c22-16-8-11-20(12-9-19-16)17(23)5-6-18(24)21-10-7-14-3-1-2-4-15(14)13-21/h1-4H,5-13H2,(H,19,22). The summed E-state index contributed by atoms with van der Waals surface area (Å²) in [6.45, 7) is 2.80. The van der Waals surface area contributed by atoms with Gasteiger partial charge in [-0.2, -0.15) is 0 Å². The minimum absolute atomic E-state index is 0.0200. The molecular weight excluding hydrogens is 306 g/mol. The van der Waals surface area contributed by atoms with E-state index in [1.54, 1.807) is 4.90 Å². The molecule has 2 heterocycles. The number of nitrogens with zero attached hydrogens (tertiary/aromatic N) is 2. The Balaban J connectivity index is 1.49. The monoisotopic (exact) mass is 329 g/mol. The van der Waals surface area contributed by atoms with Crippen molar-refractivity contribution in [2.75, 3.05) is 26.2 Å². The second-order valence-corrected chi connectivity index (χ2v) is 6.31. The van der Waals surface area contributed by atoms with E-state index in [2.05, 4.69) is 17.4 Å². The van der Waals surface area contributed by atoms with Gasteiger partial charge >= 0.3 is 0 Å². The molecule has 1 saturated heterocycles. The van der Waals surface area contributed by atoms with Crippen LogP contribution in [0.15, 0.2) is 24.3 Å². The number of fused-ring (bicyclic) bond motifs is 1. The molecule has 6 heteroatoms. The van der Waals surface area contributed by atoms with Crippen LogP contribution in [0.5, 0.6) is 0 Å². The van der Waals surface area contributed by atoms with Gasteiger partial charge in [0, 0.05) is 52.0 Å². The molecule has 6 nitrogen and oxygen atoms in total. The van der Waals surface area contributed by atoms with Gasteiger partial charge in [-0.1, -0.05) is 24.3 Å². The Kier molecular flexibility index (Phi) is 5.13. The van der Waals surface area contributed by atoms with Gasteiger partial charge in [-0.3, -0.25) is 14.4 Å². The highest BCUT2D eigenvalue weighted by atomic mass is 16.2. The third-order valence-corrected chi connectivity index (χ3v) is 4.70. The number of benzene rings is 1. The summed E-state index contributed by atoms with van der Waals surface area (Å²) in [5.74, 6) is -0.0347. The number of amides is 3. The number of hydrogen-bond donors (Lipinski definition) is 1. The van der Waals surface area contributed by atoms with Crippen molar-refractivity contribution in [1.29, 1.82) is 0 Å². The van der Waals surface area contributed by atoms with E-state index in [1.807, 2.05) is 17.0 Å². The summed E-state index contributed by atoms with van der Waals surface area (Å²) in [5, 5.41) is 2.75. The van der Waals surface area contributed by atoms with Crippen molar-refractivity contribution < 1.29 is 14.4 Å².